The number of carbonyl (C=O) groups excluding carboxylic acids is 2. The van der Waals surface area contributed by atoms with E-state index in [-0.39, 0.29) is 18.4 Å². The number of hydrogen-bond donors (Lipinski definition) is 1. The minimum Gasteiger partial charge on any atom is -0.482 e. The van der Waals surface area contributed by atoms with Gasteiger partial charge in [0.15, 0.2) is 6.61 Å². The molecule has 5 heteroatoms. The van der Waals surface area contributed by atoms with Crippen LogP contribution in [0.2, 0.25) is 0 Å². The highest BCUT2D eigenvalue weighted by Gasteiger charge is 2.25. The number of nitrogens with zero attached hydrogens (tertiary/aromatic N) is 1. The molecule has 1 saturated carbocycles. The van der Waals surface area contributed by atoms with Crippen LogP contribution in [0.4, 0.5) is 5.69 Å². The number of nitrogens with one attached hydrogen (secondary N) is 1. The number of hydrogen-bond acceptors (Lipinski definition) is 3. The highest BCUT2D eigenvalue weighted by atomic mass is 16.5. The van der Waals surface area contributed by atoms with Crippen LogP contribution in [0.3, 0.4) is 0 Å². The van der Waals surface area contributed by atoms with Crippen molar-refractivity contribution in [1.29, 1.82) is 0 Å². The van der Waals surface area contributed by atoms with Gasteiger partial charge in [-0.2, -0.15) is 0 Å². The summed E-state index contributed by atoms with van der Waals surface area (Å²) in [6.45, 7) is 2.62. The van der Waals surface area contributed by atoms with Crippen molar-refractivity contribution in [3.8, 4) is 5.75 Å². The van der Waals surface area contributed by atoms with E-state index >= 15 is 0 Å². The topological polar surface area (TPSA) is 58.6 Å². The Morgan fingerprint density at radius 1 is 1.29 bits per heavy atom. The first-order valence-corrected chi connectivity index (χ1v) is 8.96. The van der Waals surface area contributed by atoms with Crippen LogP contribution >= 0.6 is 0 Å². The molecule has 0 atom stereocenters. The fourth-order valence-electron chi connectivity index (χ4n) is 3.50. The molecule has 5 nitrogen and oxygen atoms in total. The first-order chi connectivity index (χ1) is 11.6. The predicted molar refractivity (Wildman–Crippen MR) is 93.3 cm³/mol. The van der Waals surface area contributed by atoms with Crippen LogP contribution in [0.25, 0.3) is 0 Å². The second-order valence-electron chi connectivity index (χ2n) is 6.81. The molecule has 2 aliphatic rings. The van der Waals surface area contributed by atoms with E-state index in [0.717, 1.165) is 29.8 Å². The van der Waals surface area contributed by atoms with E-state index in [1.165, 1.54) is 19.3 Å². The van der Waals surface area contributed by atoms with Crippen molar-refractivity contribution in [3.05, 3.63) is 23.8 Å². The highest BCUT2D eigenvalue weighted by Crippen LogP contribution is 2.33. The summed E-state index contributed by atoms with van der Waals surface area (Å²) in [6, 6.07) is 6.19. The van der Waals surface area contributed by atoms with Crippen LogP contribution in [0.1, 0.15) is 50.5 Å². The predicted octanol–water partition coefficient (Wildman–Crippen LogP) is 2.95. The first-order valence-electron chi connectivity index (χ1n) is 8.96. The summed E-state index contributed by atoms with van der Waals surface area (Å²) in [7, 11) is 0. The monoisotopic (exact) mass is 330 g/mol. The third-order valence-corrected chi connectivity index (χ3v) is 4.81. The smallest absolute Gasteiger partial charge is 0.265 e. The molecule has 130 valence electrons. The SMILES string of the molecule is Cc1ccc2c(c1)N(CCCC(=O)NC1CCCCC1)C(=O)CO2. The average Bonchev–Trinajstić information content (AvgIpc) is 2.58. The summed E-state index contributed by atoms with van der Waals surface area (Å²) in [5.41, 5.74) is 1.91. The normalized spacial score (nSPS) is 18.0. The molecule has 1 N–H and O–H groups in total. The number of amides is 2. The Labute approximate surface area is 143 Å². The first kappa shape index (κ1) is 16.8. The summed E-state index contributed by atoms with van der Waals surface area (Å²) in [5, 5.41) is 3.13. The fraction of sp³-hybridized carbons (Fsp3) is 0.579. The van der Waals surface area contributed by atoms with Crippen LogP contribution in [0.5, 0.6) is 5.75 Å². The van der Waals surface area contributed by atoms with Gasteiger partial charge < -0.3 is 15.0 Å². The largest absolute Gasteiger partial charge is 0.482 e. The fourth-order valence-corrected chi connectivity index (χ4v) is 3.50. The van der Waals surface area contributed by atoms with Crippen molar-refractivity contribution < 1.29 is 14.3 Å². The van der Waals surface area contributed by atoms with Crippen molar-refractivity contribution in [2.24, 2.45) is 0 Å². The quantitative estimate of drug-likeness (QED) is 0.903. The Morgan fingerprint density at radius 3 is 2.88 bits per heavy atom. The Bertz CT molecular complexity index is 609. The van der Waals surface area contributed by atoms with Crippen LogP contribution in [-0.2, 0) is 9.59 Å². The van der Waals surface area contributed by atoms with Gasteiger partial charge >= 0.3 is 0 Å². The lowest BCUT2D eigenvalue weighted by Gasteiger charge is -2.29. The van der Waals surface area contributed by atoms with E-state index in [1.54, 1.807) is 4.90 Å². The van der Waals surface area contributed by atoms with E-state index in [4.69, 9.17) is 4.74 Å². The molecule has 0 spiro atoms. The molecule has 3 rings (SSSR count). The van der Waals surface area contributed by atoms with Crippen LogP contribution < -0.4 is 15.0 Å². The molecule has 24 heavy (non-hydrogen) atoms. The molecular formula is C19H26N2O3. The average molecular weight is 330 g/mol. The lowest BCUT2D eigenvalue weighted by molar-refractivity contribution is -0.123. The second kappa shape index (κ2) is 7.69. The van der Waals surface area contributed by atoms with Gasteiger partial charge in [0.1, 0.15) is 5.75 Å². The van der Waals surface area contributed by atoms with Crippen molar-refractivity contribution in [1.82, 2.24) is 5.32 Å². The zero-order chi connectivity index (χ0) is 16.9. The molecule has 0 aromatic heterocycles. The van der Waals surface area contributed by atoms with Crippen LogP contribution in [0.15, 0.2) is 18.2 Å². The van der Waals surface area contributed by atoms with E-state index in [0.29, 0.717) is 25.4 Å². The zero-order valence-corrected chi connectivity index (χ0v) is 14.3. The third-order valence-electron chi connectivity index (χ3n) is 4.81. The van der Waals surface area contributed by atoms with Crippen molar-refractivity contribution in [2.75, 3.05) is 18.1 Å². The van der Waals surface area contributed by atoms with Crippen molar-refractivity contribution in [3.63, 3.8) is 0 Å². The van der Waals surface area contributed by atoms with E-state index < -0.39 is 0 Å². The molecule has 1 aromatic rings. The third kappa shape index (κ3) is 4.08. The van der Waals surface area contributed by atoms with E-state index in [2.05, 4.69) is 5.32 Å². The minimum atomic E-state index is -0.0409. The molecule has 0 radical (unpaired) electrons. The molecule has 0 bridgehead atoms. The molecule has 0 saturated heterocycles. The molecular weight excluding hydrogens is 304 g/mol. The summed E-state index contributed by atoms with van der Waals surface area (Å²) >= 11 is 0. The van der Waals surface area contributed by atoms with Crippen molar-refractivity contribution >= 4 is 17.5 Å². The van der Waals surface area contributed by atoms with Gasteiger partial charge in [-0.3, -0.25) is 9.59 Å². The maximum absolute atomic E-state index is 12.2. The summed E-state index contributed by atoms with van der Waals surface area (Å²) < 4.78 is 5.48. The maximum Gasteiger partial charge on any atom is 0.265 e. The number of carbonyl (C=O) groups is 2. The standard InChI is InChI=1S/C19H26N2O3/c1-14-9-10-17-16(12-14)21(19(23)13-24-17)11-5-8-18(22)20-15-6-3-2-4-7-15/h9-10,12,15H,2-8,11,13H2,1H3,(H,20,22). The molecule has 2 amide bonds. The number of fused-ring (bicyclic) bond motifs is 1. The summed E-state index contributed by atoms with van der Waals surface area (Å²) in [5.74, 6) is 0.805. The Hall–Kier alpha value is -2.04. The number of aryl methyl sites for hydroxylation is 1. The van der Waals surface area contributed by atoms with Gasteiger partial charge in [-0.1, -0.05) is 25.3 Å². The number of anilines is 1. The summed E-state index contributed by atoms with van der Waals surface area (Å²) in [6.07, 6.45) is 7.03. The molecule has 1 aliphatic carbocycles. The van der Waals surface area contributed by atoms with Gasteiger partial charge in [0.05, 0.1) is 5.69 Å². The van der Waals surface area contributed by atoms with Crippen LogP contribution in [0, 0.1) is 6.92 Å². The Kier molecular flexibility index (Phi) is 5.38. The minimum absolute atomic E-state index is 0.0409. The molecule has 0 unspecified atom stereocenters. The maximum atomic E-state index is 12.2. The van der Waals surface area contributed by atoms with E-state index in [1.807, 2.05) is 25.1 Å². The molecule has 1 heterocycles. The van der Waals surface area contributed by atoms with Crippen molar-refractivity contribution in [2.45, 2.75) is 57.9 Å². The van der Waals surface area contributed by atoms with Gasteiger partial charge in [0, 0.05) is 19.0 Å². The molecule has 1 aromatic carbocycles. The van der Waals surface area contributed by atoms with E-state index in [9.17, 15) is 9.59 Å². The molecule has 1 aliphatic heterocycles. The van der Waals surface area contributed by atoms with Crippen LogP contribution in [-0.4, -0.2) is 31.0 Å². The Balaban J connectivity index is 1.52. The molecule has 1 fully saturated rings. The van der Waals surface area contributed by atoms with Gasteiger partial charge in [0.2, 0.25) is 5.91 Å². The lowest BCUT2D eigenvalue weighted by atomic mass is 9.95. The zero-order valence-electron chi connectivity index (χ0n) is 14.3. The highest BCUT2D eigenvalue weighted by molar-refractivity contribution is 5.98. The summed E-state index contributed by atoms with van der Waals surface area (Å²) in [4.78, 5) is 26.0. The van der Waals surface area contributed by atoms with Gasteiger partial charge in [0.25, 0.3) is 5.91 Å². The number of rotatable bonds is 5. The second-order valence-corrected chi connectivity index (χ2v) is 6.81. The lowest BCUT2D eigenvalue weighted by Crippen LogP contribution is -2.40. The van der Waals surface area contributed by atoms with Gasteiger partial charge in [-0.15, -0.1) is 0 Å². The number of benzene rings is 1. The van der Waals surface area contributed by atoms with Gasteiger partial charge in [-0.25, -0.2) is 0 Å². The van der Waals surface area contributed by atoms with Gasteiger partial charge in [-0.05, 0) is 43.9 Å². The Morgan fingerprint density at radius 2 is 2.08 bits per heavy atom. The number of ether oxygens (including phenoxy) is 1.